The van der Waals surface area contributed by atoms with E-state index in [-0.39, 0.29) is 46.1 Å². The molecule has 0 radical (unpaired) electrons. The van der Waals surface area contributed by atoms with Crippen molar-refractivity contribution in [2.75, 3.05) is 13.1 Å². The largest absolute Gasteiger partial charge is 0.490 e. The Bertz CT molecular complexity index is 1880. The molecular formula is C34H30F3N5O4. The Morgan fingerprint density at radius 3 is 2.48 bits per heavy atom. The monoisotopic (exact) mass is 629 g/mol. The summed E-state index contributed by atoms with van der Waals surface area (Å²) in [6.45, 7) is 1.93. The average molecular weight is 630 g/mol. The van der Waals surface area contributed by atoms with Crippen LogP contribution in [0.3, 0.4) is 0 Å². The minimum absolute atomic E-state index is 0.0827. The van der Waals surface area contributed by atoms with Crippen molar-refractivity contribution in [2.24, 2.45) is 5.41 Å². The number of imidazole rings is 1. The van der Waals surface area contributed by atoms with Crippen LogP contribution in [0.1, 0.15) is 59.4 Å². The summed E-state index contributed by atoms with van der Waals surface area (Å²) in [4.78, 5) is 18.4. The number of hydrogen-bond acceptors (Lipinski definition) is 7. The first-order valence-electron chi connectivity index (χ1n) is 15.0. The molecule has 12 heteroatoms. The molecule has 4 aromatic rings. The van der Waals surface area contributed by atoms with Crippen molar-refractivity contribution in [1.29, 1.82) is 10.5 Å². The molecule has 46 heavy (non-hydrogen) atoms. The summed E-state index contributed by atoms with van der Waals surface area (Å²) in [6, 6.07) is 14.7. The predicted molar refractivity (Wildman–Crippen MR) is 159 cm³/mol. The Kier molecular flexibility index (Phi) is 8.57. The van der Waals surface area contributed by atoms with Crippen LogP contribution in [0, 0.1) is 45.5 Å². The lowest BCUT2D eigenvalue weighted by Crippen LogP contribution is -2.38. The summed E-state index contributed by atoms with van der Waals surface area (Å²) in [7, 11) is 0. The lowest BCUT2D eigenvalue weighted by molar-refractivity contribution is 0.0696. The first kappa shape index (κ1) is 30.9. The maximum atomic E-state index is 15.0. The van der Waals surface area contributed by atoms with Gasteiger partial charge in [0.15, 0.2) is 17.4 Å². The third-order valence-electron chi connectivity index (χ3n) is 8.71. The molecule has 1 aliphatic heterocycles. The summed E-state index contributed by atoms with van der Waals surface area (Å²) in [6.07, 6.45) is 3.24. The fourth-order valence-electron chi connectivity index (χ4n) is 5.86. The van der Waals surface area contributed by atoms with Crippen LogP contribution in [-0.2, 0) is 19.7 Å². The van der Waals surface area contributed by atoms with E-state index >= 15 is 0 Å². The molecule has 1 aromatic heterocycles. The number of hydrogen-bond donors (Lipinski definition) is 1. The summed E-state index contributed by atoms with van der Waals surface area (Å²) < 4.78 is 57.2. The first-order chi connectivity index (χ1) is 22.2. The molecule has 1 saturated carbocycles. The van der Waals surface area contributed by atoms with Gasteiger partial charge in [-0.25, -0.2) is 22.9 Å². The molecule has 0 bridgehead atoms. The van der Waals surface area contributed by atoms with Crippen molar-refractivity contribution in [1.82, 2.24) is 14.5 Å². The van der Waals surface area contributed by atoms with Gasteiger partial charge in [-0.2, -0.15) is 10.5 Å². The zero-order valence-electron chi connectivity index (χ0n) is 24.8. The molecule has 1 aliphatic carbocycles. The van der Waals surface area contributed by atoms with E-state index in [4.69, 9.17) is 14.7 Å². The second-order valence-corrected chi connectivity index (χ2v) is 12.0. The van der Waals surface area contributed by atoms with Crippen molar-refractivity contribution >= 4 is 17.0 Å². The minimum atomic E-state index is -1.23. The second kappa shape index (κ2) is 12.7. The third-order valence-corrected chi connectivity index (χ3v) is 8.71. The van der Waals surface area contributed by atoms with Gasteiger partial charge in [-0.15, -0.1) is 0 Å². The van der Waals surface area contributed by atoms with E-state index in [9.17, 15) is 28.3 Å². The fraction of sp³-hybridized carbons (Fsp3) is 0.353. The molecule has 1 saturated heterocycles. The number of benzene rings is 3. The third kappa shape index (κ3) is 6.63. The van der Waals surface area contributed by atoms with Gasteiger partial charge in [0.05, 0.1) is 35.3 Å². The molecule has 9 nitrogen and oxygen atoms in total. The van der Waals surface area contributed by atoms with Gasteiger partial charge >= 0.3 is 5.97 Å². The summed E-state index contributed by atoms with van der Waals surface area (Å²) in [5.74, 6) is -2.21. The molecule has 3 aromatic carbocycles. The fourth-order valence-corrected chi connectivity index (χ4v) is 5.86. The first-order valence-corrected chi connectivity index (χ1v) is 15.0. The Labute approximate surface area is 263 Å². The molecular weight excluding hydrogens is 599 g/mol. The molecule has 2 aliphatic rings. The van der Waals surface area contributed by atoms with Crippen LogP contribution in [-0.4, -0.2) is 44.7 Å². The van der Waals surface area contributed by atoms with Crippen LogP contribution < -0.4 is 9.47 Å². The Balaban J connectivity index is 1.11. The molecule has 0 spiro atoms. The van der Waals surface area contributed by atoms with E-state index in [1.165, 1.54) is 36.4 Å². The van der Waals surface area contributed by atoms with E-state index in [1.54, 1.807) is 0 Å². The van der Waals surface area contributed by atoms with Crippen LogP contribution in [0.15, 0.2) is 48.5 Å². The van der Waals surface area contributed by atoms with Gasteiger partial charge < -0.3 is 19.1 Å². The van der Waals surface area contributed by atoms with Crippen molar-refractivity contribution in [3.8, 4) is 23.6 Å². The van der Waals surface area contributed by atoms with Crippen molar-refractivity contribution in [3.05, 3.63) is 88.5 Å². The highest BCUT2D eigenvalue weighted by molar-refractivity contribution is 5.92. The van der Waals surface area contributed by atoms with Gasteiger partial charge in [-0.1, -0.05) is 6.07 Å². The van der Waals surface area contributed by atoms with E-state index in [0.717, 1.165) is 25.0 Å². The molecule has 6 rings (SSSR count). The molecule has 0 atom stereocenters. The van der Waals surface area contributed by atoms with Crippen LogP contribution >= 0.6 is 0 Å². The summed E-state index contributed by atoms with van der Waals surface area (Å²) >= 11 is 0. The van der Waals surface area contributed by atoms with Gasteiger partial charge in [-0.3, -0.25) is 4.90 Å². The lowest BCUT2D eigenvalue weighted by atomic mass is 10.0. The van der Waals surface area contributed by atoms with E-state index in [1.807, 2.05) is 10.6 Å². The van der Waals surface area contributed by atoms with E-state index in [2.05, 4.69) is 16.0 Å². The number of aromatic carboxylic acids is 1. The van der Waals surface area contributed by atoms with Crippen LogP contribution in [0.25, 0.3) is 11.0 Å². The number of rotatable bonds is 11. The van der Waals surface area contributed by atoms with Crippen molar-refractivity contribution < 1.29 is 32.5 Å². The van der Waals surface area contributed by atoms with Crippen molar-refractivity contribution in [2.45, 2.75) is 57.9 Å². The average Bonchev–Trinajstić information content (AvgIpc) is 3.72. The standard InChI is InChI=1S/C34H30F3N5O4/c35-26-4-3-25(16-30(26)45-19-22-2-1-21(17-39)13-27(22)36)46-24-5-11-41(12-6-24)18-31-40-32-28(37)14-23(33(43)44)15-29(32)42(31)20-34(7-8-34)9-10-38/h1-4,13-16,24H,5-9,11-12,18-20H2,(H,43,44). The number of aromatic nitrogens is 2. The number of carbonyl (C=O) groups is 1. The Morgan fingerprint density at radius 2 is 1.80 bits per heavy atom. The molecule has 0 unspecified atom stereocenters. The normalized spacial score (nSPS) is 16.1. The smallest absolute Gasteiger partial charge is 0.335 e. The molecule has 2 heterocycles. The van der Waals surface area contributed by atoms with Gasteiger partial charge in [-0.05, 0) is 62.1 Å². The number of nitrogens with zero attached hydrogens (tertiary/aromatic N) is 5. The summed E-state index contributed by atoms with van der Waals surface area (Å²) in [5, 5.41) is 27.8. The number of halogens is 3. The number of carboxylic acids is 1. The number of ether oxygens (including phenoxy) is 2. The molecule has 2 fully saturated rings. The predicted octanol–water partition coefficient (Wildman–Crippen LogP) is 6.34. The maximum absolute atomic E-state index is 15.0. The molecule has 1 N–H and O–H groups in total. The van der Waals surface area contributed by atoms with Gasteiger partial charge in [0.1, 0.15) is 35.6 Å². The van der Waals surface area contributed by atoms with Crippen LogP contribution in [0.4, 0.5) is 13.2 Å². The zero-order chi connectivity index (χ0) is 32.4. The highest BCUT2D eigenvalue weighted by Crippen LogP contribution is 2.50. The molecule has 0 amide bonds. The zero-order valence-corrected chi connectivity index (χ0v) is 24.8. The Hall–Kier alpha value is -5.07. The quantitative estimate of drug-likeness (QED) is 0.204. The summed E-state index contributed by atoms with van der Waals surface area (Å²) in [5.41, 5.74) is 0.512. The number of nitriles is 2. The lowest BCUT2D eigenvalue weighted by Gasteiger charge is -2.32. The van der Waals surface area contributed by atoms with Gasteiger partial charge in [0, 0.05) is 43.1 Å². The highest BCUT2D eigenvalue weighted by atomic mass is 19.1. The van der Waals surface area contributed by atoms with E-state index in [0.29, 0.717) is 62.5 Å². The minimum Gasteiger partial charge on any atom is -0.490 e. The number of piperidine rings is 1. The Morgan fingerprint density at radius 1 is 1.02 bits per heavy atom. The van der Waals surface area contributed by atoms with Crippen LogP contribution in [0.2, 0.25) is 0 Å². The van der Waals surface area contributed by atoms with Crippen LogP contribution in [0.5, 0.6) is 11.5 Å². The number of carboxylic acid groups (broad SMARTS) is 1. The topological polar surface area (TPSA) is 124 Å². The maximum Gasteiger partial charge on any atom is 0.335 e. The SMILES string of the molecule is N#CCC1(Cn2c(CN3CCC(Oc4ccc(F)c(OCc5ccc(C#N)cc5F)c4)CC3)nc3c(F)cc(C(=O)O)cc32)CC1. The van der Waals surface area contributed by atoms with Gasteiger partial charge in [0.25, 0.3) is 0 Å². The molecule has 236 valence electrons. The van der Waals surface area contributed by atoms with Crippen molar-refractivity contribution in [3.63, 3.8) is 0 Å². The number of likely N-dealkylation sites (tertiary alicyclic amines) is 1. The second-order valence-electron chi connectivity index (χ2n) is 12.0. The number of fused-ring (bicyclic) bond motifs is 1. The highest BCUT2D eigenvalue weighted by Gasteiger charge is 2.43. The van der Waals surface area contributed by atoms with Gasteiger partial charge in [0.2, 0.25) is 0 Å². The van der Waals surface area contributed by atoms with E-state index < -0.39 is 23.4 Å².